The highest BCUT2D eigenvalue weighted by Gasteiger charge is 2.25. The maximum atomic E-state index is 13.6. The van der Waals surface area contributed by atoms with Crippen molar-refractivity contribution in [3.63, 3.8) is 0 Å². The van der Waals surface area contributed by atoms with Crippen molar-refractivity contribution in [1.82, 2.24) is 10.2 Å². The summed E-state index contributed by atoms with van der Waals surface area (Å²) in [7, 11) is 0. The number of aryl methyl sites for hydroxylation is 1. The summed E-state index contributed by atoms with van der Waals surface area (Å²) in [6, 6.07) is 12.5. The zero-order valence-corrected chi connectivity index (χ0v) is 14.7. The first kappa shape index (κ1) is 17.6. The molecule has 132 valence electrons. The molecule has 0 radical (unpaired) electrons. The summed E-state index contributed by atoms with van der Waals surface area (Å²) in [4.78, 5) is 14.6. The SMILES string of the molecule is Cc1cccc(NC(=O)CN2CCNCC2c2cccc(F)c2)c1C. The Bertz CT molecular complexity index is 762. The molecule has 0 saturated carbocycles. The molecule has 1 atom stereocenters. The molecule has 1 heterocycles. The number of carbonyl (C=O) groups is 1. The van der Waals surface area contributed by atoms with Gasteiger partial charge in [0.05, 0.1) is 6.54 Å². The third-order valence-corrected chi connectivity index (χ3v) is 4.81. The fourth-order valence-electron chi connectivity index (χ4n) is 3.24. The third-order valence-electron chi connectivity index (χ3n) is 4.81. The molecule has 1 unspecified atom stereocenters. The number of carbonyl (C=O) groups excluding carboxylic acids is 1. The van der Waals surface area contributed by atoms with Crippen LogP contribution in [0.3, 0.4) is 0 Å². The Morgan fingerprint density at radius 2 is 2.08 bits per heavy atom. The second-order valence-corrected chi connectivity index (χ2v) is 6.54. The van der Waals surface area contributed by atoms with Gasteiger partial charge in [-0.25, -0.2) is 4.39 Å². The number of amides is 1. The highest BCUT2D eigenvalue weighted by molar-refractivity contribution is 5.93. The van der Waals surface area contributed by atoms with Crippen LogP contribution in [0.4, 0.5) is 10.1 Å². The third kappa shape index (κ3) is 4.24. The van der Waals surface area contributed by atoms with Crippen molar-refractivity contribution in [2.75, 3.05) is 31.5 Å². The van der Waals surface area contributed by atoms with E-state index in [-0.39, 0.29) is 24.3 Å². The lowest BCUT2D eigenvalue weighted by atomic mass is 10.0. The fourth-order valence-corrected chi connectivity index (χ4v) is 3.24. The number of halogens is 1. The molecule has 1 amide bonds. The molecule has 0 aliphatic carbocycles. The lowest BCUT2D eigenvalue weighted by Crippen LogP contribution is -2.48. The van der Waals surface area contributed by atoms with Crippen LogP contribution in [-0.2, 0) is 4.79 Å². The van der Waals surface area contributed by atoms with E-state index >= 15 is 0 Å². The van der Waals surface area contributed by atoms with Crippen molar-refractivity contribution < 1.29 is 9.18 Å². The number of piperazine rings is 1. The van der Waals surface area contributed by atoms with Crippen LogP contribution >= 0.6 is 0 Å². The van der Waals surface area contributed by atoms with Crippen molar-refractivity contribution >= 4 is 11.6 Å². The zero-order chi connectivity index (χ0) is 17.8. The highest BCUT2D eigenvalue weighted by Crippen LogP contribution is 2.23. The van der Waals surface area contributed by atoms with Gasteiger partial charge in [0, 0.05) is 31.4 Å². The van der Waals surface area contributed by atoms with Gasteiger partial charge >= 0.3 is 0 Å². The van der Waals surface area contributed by atoms with E-state index in [0.29, 0.717) is 6.54 Å². The van der Waals surface area contributed by atoms with Crippen LogP contribution in [-0.4, -0.2) is 37.0 Å². The monoisotopic (exact) mass is 341 g/mol. The van der Waals surface area contributed by atoms with E-state index in [1.807, 2.05) is 38.1 Å². The largest absolute Gasteiger partial charge is 0.325 e. The molecule has 0 bridgehead atoms. The standard InChI is InChI=1S/C20H24FN3O/c1-14-5-3-8-18(15(14)2)23-20(25)13-24-10-9-22-12-19(24)16-6-4-7-17(21)11-16/h3-8,11,19,22H,9-10,12-13H2,1-2H3,(H,23,25). The van der Waals surface area contributed by atoms with Gasteiger partial charge in [0.25, 0.3) is 0 Å². The van der Waals surface area contributed by atoms with Crippen LogP contribution in [0.5, 0.6) is 0 Å². The maximum absolute atomic E-state index is 13.6. The van der Waals surface area contributed by atoms with E-state index in [1.54, 1.807) is 12.1 Å². The Kier molecular flexibility index (Phi) is 5.46. The van der Waals surface area contributed by atoms with Gasteiger partial charge in [-0.3, -0.25) is 9.69 Å². The molecule has 1 fully saturated rings. The van der Waals surface area contributed by atoms with E-state index in [4.69, 9.17) is 0 Å². The first-order chi connectivity index (χ1) is 12.0. The average Bonchev–Trinajstić information content (AvgIpc) is 2.59. The highest BCUT2D eigenvalue weighted by atomic mass is 19.1. The summed E-state index contributed by atoms with van der Waals surface area (Å²) >= 11 is 0. The van der Waals surface area contributed by atoms with Crippen molar-refractivity contribution in [1.29, 1.82) is 0 Å². The molecule has 2 aromatic rings. The summed E-state index contributed by atoms with van der Waals surface area (Å²) in [5, 5.41) is 6.33. The van der Waals surface area contributed by atoms with Gasteiger partial charge in [0.15, 0.2) is 0 Å². The summed E-state index contributed by atoms with van der Waals surface area (Å²) in [6.45, 7) is 6.60. The van der Waals surface area contributed by atoms with E-state index in [2.05, 4.69) is 15.5 Å². The minimum absolute atomic E-state index is 0.00573. The molecule has 1 aliphatic rings. The quantitative estimate of drug-likeness (QED) is 0.898. The second kappa shape index (κ2) is 7.76. The summed E-state index contributed by atoms with van der Waals surface area (Å²) < 4.78 is 13.6. The van der Waals surface area contributed by atoms with Gasteiger partial charge in [-0.2, -0.15) is 0 Å². The molecule has 1 saturated heterocycles. The minimum Gasteiger partial charge on any atom is -0.325 e. The number of benzene rings is 2. The first-order valence-electron chi connectivity index (χ1n) is 8.61. The van der Waals surface area contributed by atoms with E-state index in [0.717, 1.165) is 35.5 Å². The molecule has 25 heavy (non-hydrogen) atoms. The number of hydrogen-bond donors (Lipinski definition) is 2. The van der Waals surface area contributed by atoms with Crippen LogP contribution < -0.4 is 10.6 Å². The fraction of sp³-hybridized carbons (Fsp3) is 0.350. The summed E-state index contributed by atoms with van der Waals surface area (Å²) in [6.07, 6.45) is 0. The van der Waals surface area contributed by atoms with Gasteiger partial charge < -0.3 is 10.6 Å². The Morgan fingerprint density at radius 1 is 1.28 bits per heavy atom. The Labute approximate surface area is 148 Å². The molecule has 4 nitrogen and oxygen atoms in total. The minimum atomic E-state index is -0.247. The van der Waals surface area contributed by atoms with E-state index in [9.17, 15) is 9.18 Å². The van der Waals surface area contributed by atoms with Crippen molar-refractivity contribution in [3.8, 4) is 0 Å². The van der Waals surface area contributed by atoms with Gasteiger partial charge in [-0.05, 0) is 48.7 Å². The van der Waals surface area contributed by atoms with Crippen molar-refractivity contribution in [2.24, 2.45) is 0 Å². The predicted molar refractivity (Wildman–Crippen MR) is 98.1 cm³/mol. The first-order valence-corrected chi connectivity index (χ1v) is 8.61. The normalized spacial score (nSPS) is 18.1. The zero-order valence-electron chi connectivity index (χ0n) is 14.7. The Balaban J connectivity index is 1.71. The van der Waals surface area contributed by atoms with Crippen LogP contribution in [0.15, 0.2) is 42.5 Å². The molecule has 2 aromatic carbocycles. The van der Waals surface area contributed by atoms with Crippen LogP contribution in [0, 0.1) is 19.7 Å². The smallest absolute Gasteiger partial charge is 0.238 e. The lowest BCUT2D eigenvalue weighted by molar-refractivity contribution is -0.118. The number of nitrogens with zero attached hydrogens (tertiary/aromatic N) is 1. The predicted octanol–water partition coefficient (Wildman–Crippen LogP) is 3.03. The molecule has 0 aromatic heterocycles. The molecule has 0 spiro atoms. The molecule has 2 N–H and O–H groups in total. The van der Waals surface area contributed by atoms with Gasteiger partial charge in [0.1, 0.15) is 5.82 Å². The van der Waals surface area contributed by atoms with Crippen LogP contribution in [0.25, 0.3) is 0 Å². The number of anilines is 1. The van der Waals surface area contributed by atoms with Gasteiger partial charge in [-0.1, -0.05) is 24.3 Å². The summed E-state index contributed by atoms with van der Waals surface area (Å²) in [5.41, 5.74) is 3.98. The van der Waals surface area contributed by atoms with Crippen molar-refractivity contribution in [2.45, 2.75) is 19.9 Å². The molecular weight excluding hydrogens is 317 g/mol. The molecule has 1 aliphatic heterocycles. The molecular formula is C20H24FN3O. The topological polar surface area (TPSA) is 44.4 Å². The van der Waals surface area contributed by atoms with Crippen molar-refractivity contribution in [3.05, 3.63) is 65.0 Å². The van der Waals surface area contributed by atoms with Crippen LogP contribution in [0.2, 0.25) is 0 Å². The molecule has 3 rings (SSSR count). The lowest BCUT2D eigenvalue weighted by Gasteiger charge is -2.36. The molecule has 5 heteroatoms. The number of hydrogen-bond acceptors (Lipinski definition) is 3. The summed E-state index contributed by atoms with van der Waals surface area (Å²) in [5.74, 6) is -0.292. The second-order valence-electron chi connectivity index (χ2n) is 6.54. The number of nitrogens with one attached hydrogen (secondary N) is 2. The van der Waals surface area contributed by atoms with Crippen LogP contribution in [0.1, 0.15) is 22.7 Å². The maximum Gasteiger partial charge on any atom is 0.238 e. The van der Waals surface area contributed by atoms with Gasteiger partial charge in [0.2, 0.25) is 5.91 Å². The average molecular weight is 341 g/mol. The Hall–Kier alpha value is -2.24. The van der Waals surface area contributed by atoms with E-state index in [1.165, 1.54) is 6.07 Å². The Morgan fingerprint density at radius 3 is 2.88 bits per heavy atom. The van der Waals surface area contributed by atoms with Gasteiger partial charge in [-0.15, -0.1) is 0 Å². The van der Waals surface area contributed by atoms with E-state index < -0.39 is 0 Å². The number of rotatable bonds is 4.